The fourth-order valence-corrected chi connectivity index (χ4v) is 5.93. The van der Waals surface area contributed by atoms with Crippen LogP contribution in [0.5, 0.6) is 0 Å². The minimum absolute atomic E-state index is 0.0396. The average Bonchev–Trinajstić information content (AvgIpc) is 2.94. The third kappa shape index (κ3) is 5.73. The third-order valence-electron chi connectivity index (χ3n) is 8.02. The Bertz CT molecular complexity index is 1260. The Morgan fingerprint density at radius 1 is 1.03 bits per heavy atom. The van der Waals surface area contributed by atoms with Crippen molar-refractivity contribution in [1.29, 1.82) is 0 Å². The SMILES string of the molecule is CCO/N=C(\c1ccc(Br)cc1)C1CCN(C2(C)CCN(C(=O)c3ccc4ccccc4n3)CC2)CC1. The summed E-state index contributed by atoms with van der Waals surface area (Å²) in [6.45, 7) is 8.50. The molecule has 37 heavy (non-hydrogen) atoms. The minimum atomic E-state index is 0.0396. The second-order valence-electron chi connectivity index (χ2n) is 10.3. The number of likely N-dealkylation sites (tertiary alicyclic amines) is 2. The molecule has 5 rings (SSSR count). The summed E-state index contributed by atoms with van der Waals surface area (Å²) in [5, 5.41) is 5.59. The Labute approximate surface area is 227 Å². The van der Waals surface area contributed by atoms with Gasteiger partial charge < -0.3 is 9.74 Å². The van der Waals surface area contributed by atoms with Gasteiger partial charge in [0.25, 0.3) is 5.91 Å². The Morgan fingerprint density at radius 3 is 2.43 bits per heavy atom. The van der Waals surface area contributed by atoms with Crippen molar-refractivity contribution in [2.24, 2.45) is 11.1 Å². The lowest BCUT2D eigenvalue weighted by Gasteiger charge is -2.49. The number of amides is 1. The van der Waals surface area contributed by atoms with Gasteiger partial charge >= 0.3 is 0 Å². The Kier molecular flexibility index (Phi) is 7.91. The first kappa shape index (κ1) is 25.9. The highest BCUT2D eigenvalue weighted by atomic mass is 79.9. The van der Waals surface area contributed by atoms with Crippen molar-refractivity contribution in [3.8, 4) is 0 Å². The number of hydrogen-bond acceptors (Lipinski definition) is 5. The Hall–Kier alpha value is -2.77. The van der Waals surface area contributed by atoms with Crippen molar-refractivity contribution in [2.45, 2.75) is 45.1 Å². The molecule has 3 heterocycles. The normalized spacial score (nSPS) is 19.2. The molecular formula is C30H35BrN4O2. The van der Waals surface area contributed by atoms with Gasteiger partial charge in [0, 0.05) is 34.4 Å². The summed E-state index contributed by atoms with van der Waals surface area (Å²) < 4.78 is 1.07. The van der Waals surface area contributed by atoms with Gasteiger partial charge in [0.2, 0.25) is 0 Å². The predicted molar refractivity (Wildman–Crippen MR) is 152 cm³/mol. The van der Waals surface area contributed by atoms with Crippen molar-refractivity contribution in [3.05, 3.63) is 76.4 Å². The highest BCUT2D eigenvalue weighted by Gasteiger charge is 2.39. The first-order valence-corrected chi connectivity index (χ1v) is 14.1. The summed E-state index contributed by atoms with van der Waals surface area (Å²) in [6.07, 6.45) is 4.07. The first-order chi connectivity index (χ1) is 18.0. The number of carbonyl (C=O) groups excluding carboxylic acids is 1. The number of piperidine rings is 2. The van der Waals surface area contributed by atoms with Gasteiger partial charge in [-0.2, -0.15) is 0 Å². The van der Waals surface area contributed by atoms with Crippen LogP contribution in [0.4, 0.5) is 0 Å². The van der Waals surface area contributed by atoms with Gasteiger partial charge in [-0.15, -0.1) is 0 Å². The molecule has 194 valence electrons. The maximum absolute atomic E-state index is 13.2. The Morgan fingerprint density at radius 2 is 1.73 bits per heavy atom. The van der Waals surface area contributed by atoms with Crippen LogP contribution in [0.1, 0.15) is 55.6 Å². The lowest BCUT2D eigenvalue weighted by Crippen LogP contribution is -2.56. The van der Waals surface area contributed by atoms with Crippen LogP contribution in [0.2, 0.25) is 0 Å². The quantitative estimate of drug-likeness (QED) is 0.267. The summed E-state index contributed by atoms with van der Waals surface area (Å²) >= 11 is 3.53. The Balaban J connectivity index is 1.20. The predicted octanol–water partition coefficient (Wildman–Crippen LogP) is 6.14. The van der Waals surface area contributed by atoms with Crippen LogP contribution in [0.15, 0.2) is 70.3 Å². The summed E-state index contributed by atoms with van der Waals surface area (Å²) in [6, 6.07) is 20.2. The van der Waals surface area contributed by atoms with Crippen LogP contribution in [-0.4, -0.2) is 64.7 Å². The van der Waals surface area contributed by atoms with E-state index in [4.69, 9.17) is 4.84 Å². The number of pyridine rings is 1. The zero-order chi connectivity index (χ0) is 25.8. The van der Waals surface area contributed by atoms with E-state index >= 15 is 0 Å². The number of halogens is 1. The van der Waals surface area contributed by atoms with Crippen LogP contribution >= 0.6 is 15.9 Å². The van der Waals surface area contributed by atoms with E-state index in [0.29, 0.717) is 18.2 Å². The molecule has 0 radical (unpaired) electrons. The highest BCUT2D eigenvalue weighted by molar-refractivity contribution is 9.10. The molecule has 6 nitrogen and oxygen atoms in total. The summed E-state index contributed by atoms with van der Waals surface area (Å²) in [5.74, 6) is 0.422. The summed E-state index contributed by atoms with van der Waals surface area (Å²) in [7, 11) is 0. The topological polar surface area (TPSA) is 58.0 Å². The number of rotatable bonds is 6. The zero-order valence-electron chi connectivity index (χ0n) is 21.7. The standard InChI is InChI=1S/C30H35BrN4O2/c1-3-37-33-28(23-8-11-25(31)12-9-23)24-14-18-35(19-15-24)30(2)16-20-34(21-17-30)29(36)27-13-10-22-6-4-5-7-26(22)32-27/h4-13,24H,3,14-21H2,1-2H3/b33-28+. The fraction of sp³-hybridized carbons (Fsp3) is 0.433. The molecule has 0 unspecified atom stereocenters. The molecule has 7 heteroatoms. The summed E-state index contributed by atoms with van der Waals surface area (Å²) in [4.78, 5) is 28.0. The van der Waals surface area contributed by atoms with Crippen molar-refractivity contribution in [1.82, 2.24) is 14.8 Å². The van der Waals surface area contributed by atoms with Crippen molar-refractivity contribution in [3.63, 3.8) is 0 Å². The molecule has 2 aliphatic rings. The molecule has 1 aromatic heterocycles. The van der Waals surface area contributed by atoms with Crippen molar-refractivity contribution < 1.29 is 9.63 Å². The number of hydrogen-bond donors (Lipinski definition) is 0. The lowest BCUT2D eigenvalue weighted by molar-refractivity contribution is 0.0160. The number of nitrogens with zero attached hydrogens (tertiary/aromatic N) is 4. The molecule has 3 aromatic rings. The smallest absolute Gasteiger partial charge is 0.272 e. The molecule has 2 fully saturated rings. The van der Waals surface area contributed by atoms with Crippen LogP contribution < -0.4 is 0 Å². The summed E-state index contributed by atoms with van der Waals surface area (Å²) in [5.41, 5.74) is 3.71. The number of carbonyl (C=O) groups is 1. The molecule has 0 bridgehead atoms. The number of aromatic nitrogens is 1. The zero-order valence-corrected chi connectivity index (χ0v) is 23.3. The van der Waals surface area contributed by atoms with Gasteiger partial charge in [-0.05, 0) is 82.4 Å². The first-order valence-electron chi connectivity index (χ1n) is 13.3. The van der Waals surface area contributed by atoms with Gasteiger partial charge in [-0.25, -0.2) is 4.98 Å². The number of fused-ring (bicyclic) bond motifs is 1. The van der Waals surface area contributed by atoms with Gasteiger partial charge in [-0.3, -0.25) is 9.69 Å². The average molecular weight is 564 g/mol. The van der Waals surface area contributed by atoms with E-state index in [1.165, 1.54) is 0 Å². The van der Waals surface area contributed by atoms with Gasteiger partial charge in [-0.1, -0.05) is 57.5 Å². The third-order valence-corrected chi connectivity index (χ3v) is 8.55. The lowest BCUT2D eigenvalue weighted by atomic mass is 9.82. The van der Waals surface area contributed by atoms with E-state index in [9.17, 15) is 4.79 Å². The van der Waals surface area contributed by atoms with Gasteiger partial charge in [0.05, 0.1) is 11.2 Å². The van der Waals surface area contributed by atoms with Gasteiger partial charge in [0.1, 0.15) is 12.3 Å². The van der Waals surface area contributed by atoms with E-state index in [-0.39, 0.29) is 11.4 Å². The monoisotopic (exact) mass is 562 g/mol. The number of benzene rings is 2. The van der Waals surface area contributed by atoms with Crippen LogP contribution in [-0.2, 0) is 4.84 Å². The number of oxime groups is 1. The maximum Gasteiger partial charge on any atom is 0.272 e. The van der Waals surface area contributed by atoms with Crippen LogP contribution in [0, 0.1) is 5.92 Å². The van der Waals surface area contributed by atoms with Crippen LogP contribution in [0.25, 0.3) is 10.9 Å². The molecule has 2 aliphatic heterocycles. The molecule has 0 N–H and O–H groups in total. The van der Waals surface area contributed by atoms with Crippen molar-refractivity contribution >= 4 is 38.5 Å². The molecular weight excluding hydrogens is 528 g/mol. The van der Waals surface area contributed by atoms with E-state index in [0.717, 1.165) is 78.5 Å². The van der Waals surface area contributed by atoms with Crippen LogP contribution in [0.3, 0.4) is 0 Å². The van der Waals surface area contributed by atoms with E-state index in [2.05, 4.69) is 62.2 Å². The molecule has 2 aromatic carbocycles. The van der Waals surface area contributed by atoms with Gasteiger partial charge in [0.15, 0.2) is 0 Å². The molecule has 0 spiro atoms. The second kappa shape index (κ2) is 11.3. The van der Waals surface area contributed by atoms with E-state index < -0.39 is 0 Å². The van der Waals surface area contributed by atoms with Crippen molar-refractivity contribution in [2.75, 3.05) is 32.8 Å². The van der Waals surface area contributed by atoms with E-state index in [1.807, 2.05) is 48.2 Å². The molecule has 0 aliphatic carbocycles. The molecule has 0 atom stereocenters. The number of para-hydroxylation sites is 1. The molecule has 1 amide bonds. The molecule has 2 saturated heterocycles. The maximum atomic E-state index is 13.2. The fourth-order valence-electron chi connectivity index (χ4n) is 5.67. The second-order valence-corrected chi connectivity index (χ2v) is 11.3. The minimum Gasteiger partial charge on any atom is -0.396 e. The molecule has 0 saturated carbocycles. The van der Waals surface area contributed by atoms with E-state index in [1.54, 1.807) is 0 Å². The highest BCUT2D eigenvalue weighted by Crippen LogP contribution is 2.34. The largest absolute Gasteiger partial charge is 0.396 e.